The lowest BCUT2D eigenvalue weighted by molar-refractivity contribution is 0.0767. The van der Waals surface area contributed by atoms with Gasteiger partial charge in [-0.05, 0) is 26.0 Å². The Morgan fingerprint density at radius 2 is 2.15 bits per heavy atom. The Hall–Kier alpha value is -1.66. The number of pyridine rings is 1. The number of hydrogen-bond acceptors (Lipinski definition) is 5. The van der Waals surface area contributed by atoms with Crippen molar-refractivity contribution in [2.75, 3.05) is 44.7 Å². The summed E-state index contributed by atoms with van der Waals surface area (Å²) < 4.78 is 5.28. The maximum atomic E-state index is 12.2. The Labute approximate surface area is 120 Å². The molecule has 0 aliphatic rings. The van der Waals surface area contributed by atoms with Crippen LogP contribution < -0.4 is 11.1 Å². The lowest BCUT2D eigenvalue weighted by atomic mass is 10.2. The van der Waals surface area contributed by atoms with Gasteiger partial charge in [-0.3, -0.25) is 9.78 Å². The van der Waals surface area contributed by atoms with E-state index in [1.165, 1.54) is 0 Å². The van der Waals surface area contributed by atoms with Crippen LogP contribution in [0.1, 0.15) is 24.3 Å². The molecule has 1 rings (SSSR count). The number of nitrogens with two attached hydrogens (primary N) is 1. The van der Waals surface area contributed by atoms with Crippen LogP contribution in [0.3, 0.4) is 0 Å². The zero-order valence-corrected chi connectivity index (χ0v) is 12.3. The number of hydrogen-bond donors (Lipinski definition) is 2. The van der Waals surface area contributed by atoms with Crippen molar-refractivity contribution in [2.24, 2.45) is 5.73 Å². The van der Waals surface area contributed by atoms with E-state index >= 15 is 0 Å². The first kappa shape index (κ1) is 16.4. The van der Waals surface area contributed by atoms with E-state index < -0.39 is 0 Å². The van der Waals surface area contributed by atoms with Gasteiger partial charge in [-0.2, -0.15) is 0 Å². The molecule has 6 heteroatoms. The molecule has 0 saturated heterocycles. The molecule has 0 aliphatic heterocycles. The van der Waals surface area contributed by atoms with Gasteiger partial charge < -0.3 is 20.7 Å². The number of carbonyl (C=O) groups is 1. The standard InChI is InChI=1S/C14H24N4O2/c1-3-18(4-2)14(19)13-11-12(5-7-17-13)16-8-10-20-9-6-15/h5,7,11H,3-4,6,8-10,15H2,1-2H3,(H,16,17). The minimum Gasteiger partial charge on any atom is -0.383 e. The van der Waals surface area contributed by atoms with Crippen LogP contribution in [0.5, 0.6) is 0 Å². The van der Waals surface area contributed by atoms with Crippen LogP contribution in [-0.4, -0.2) is 55.2 Å². The van der Waals surface area contributed by atoms with Gasteiger partial charge >= 0.3 is 0 Å². The van der Waals surface area contributed by atoms with Crippen LogP contribution in [0.4, 0.5) is 5.69 Å². The summed E-state index contributed by atoms with van der Waals surface area (Å²) in [5.74, 6) is -0.0435. The smallest absolute Gasteiger partial charge is 0.272 e. The van der Waals surface area contributed by atoms with E-state index in [0.29, 0.717) is 45.1 Å². The first-order valence-corrected chi connectivity index (χ1v) is 6.99. The number of ether oxygens (including phenoxy) is 1. The van der Waals surface area contributed by atoms with Gasteiger partial charge in [-0.15, -0.1) is 0 Å². The normalized spacial score (nSPS) is 10.3. The third-order valence-corrected chi connectivity index (χ3v) is 2.87. The molecule has 0 spiro atoms. The Morgan fingerprint density at radius 3 is 2.80 bits per heavy atom. The van der Waals surface area contributed by atoms with Crippen molar-refractivity contribution in [1.29, 1.82) is 0 Å². The lowest BCUT2D eigenvalue weighted by Gasteiger charge is -2.18. The first-order valence-electron chi connectivity index (χ1n) is 6.99. The van der Waals surface area contributed by atoms with E-state index in [2.05, 4.69) is 10.3 Å². The van der Waals surface area contributed by atoms with Gasteiger partial charge in [-0.1, -0.05) is 0 Å². The third kappa shape index (κ3) is 5.14. The third-order valence-electron chi connectivity index (χ3n) is 2.87. The highest BCUT2D eigenvalue weighted by molar-refractivity contribution is 5.93. The molecule has 0 bridgehead atoms. The van der Waals surface area contributed by atoms with Crippen molar-refractivity contribution in [1.82, 2.24) is 9.88 Å². The molecule has 0 unspecified atom stereocenters. The van der Waals surface area contributed by atoms with Crippen LogP contribution in [0, 0.1) is 0 Å². The summed E-state index contributed by atoms with van der Waals surface area (Å²) in [7, 11) is 0. The summed E-state index contributed by atoms with van der Waals surface area (Å²) >= 11 is 0. The molecule has 6 nitrogen and oxygen atoms in total. The van der Waals surface area contributed by atoms with Crippen molar-refractivity contribution >= 4 is 11.6 Å². The topological polar surface area (TPSA) is 80.5 Å². The fourth-order valence-corrected chi connectivity index (χ4v) is 1.78. The summed E-state index contributed by atoms with van der Waals surface area (Å²) in [4.78, 5) is 18.1. The molecule has 1 amide bonds. The van der Waals surface area contributed by atoms with E-state index in [1.54, 1.807) is 17.2 Å². The van der Waals surface area contributed by atoms with Gasteiger partial charge in [0.2, 0.25) is 0 Å². The molecule has 1 aromatic rings. The Kier molecular flexibility index (Phi) is 7.60. The molecule has 1 aromatic heterocycles. The van der Waals surface area contributed by atoms with E-state index in [9.17, 15) is 4.79 Å². The Bertz CT molecular complexity index is 408. The Morgan fingerprint density at radius 1 is 1.40 bits per heavy atom. The number of aromatic nitrogens is 1. The van der Waals surface area contributed by atoms with E-state index in [4.69, 9.17) is 10.5 Å². The number of nitrogens with one attached hydrogen (secondary N) is 1. The predicted octanol–water partition coefficient (Wildman–Crippen LogP) is 0.951. The number of nitrogens with zero attached hydrogens (tertiary/aromatic N) is 2. The second-order valence-corrected chi connectivity index (χ2v) is 4.24. The maximum absolute atomic E-state index is 12.2. The highest BCUT2D eigenvalue weighted by Crippen LogP contribution is 2.09. The molecular weight excluding hydrogens is 256 g/mol. The molecule has 0 aliphatic carbocycles. The van der Waals surface area contributed by atoms with Crippen molar-refractivity contribution < 1.29 is 9.53 Å². The van der Waals surface area contributed by atoms with Crippen molar-refractivity contribution in [3.63, 3.8) is 0 Å². The SMILES string of the molecule is CCN(CC)C(=O)c1cc(NCCOCCN)ccn1. The zero-order chi connectivity index (χ0) is 14.8. The van der Waals surface area contributed by atoms with Crippen LogP contribution in [0.25, 0.3) is 0 Å². The minimum absolute atomic E-state index is 0.0435. The first-order chi connectivity index (χ1) is 9.72. The zero-order valence-electron chi connectivity index (χ0n) is 12.3. The molecule has 0 radical (unpaired) electrons. The van der Waals surface area contributed by atoms with Crippen LogP contribution in [-0.2, 0) is 4.74 Å². The molecule has 0 saturated carbocycles. The summed E-state index contributed by atoms with van der Waals surface area (Å²) in [6, 6.07) is 3.60. The number of rotatable bonds is 9. The summed E-state index contributed by atoms with van der Waals surface area (Å²) in [5.41, 5.74) is 6.66. The highest BCUT2D eigenvalue weighted by Gasteiger charge is 2.13. The number of carbonyl (C=O) groups excluding carboxylic acids is 1. The second-order valence-electron chi connectivity index (χ2n) is 4.24. The molecule has 0 atom stereocenters. The average molecular weight is 280 g/mol. The average Bonchev–Trinajstić information content (AvgIpc) is 2.48. The molecule has 112 valence electrons. The maximum Gasteiger partial charge on any atom is 0.272 e. The quantitative estimate of drug-likeness (QED) is 0.658. The monoisotopic (exact) mass is 280 g/mol. The van der Waals surface area contributed by atoms with Crippen LogP contribution >= 0.6 is 0 Å². The number of anilines is 1. The molecular formula is C14H24N4O2. The fraction of sp³-hybridized carbons (Fsp3) is 0.571. The van der Waals surface area contributed by atoms with Crippen molar-refractivity contribution in [2.45, 2.75) is 13.8 Å². The fourth-order valence-electron chi connectivity index (χ4n) is 1.78. The largest absolute Gasteiger partial charge is 0.383 e. The molecule has 3 N–H and O–H groups in total. The lowest BCUT2D eigenvalue weighted by Crippen LogP contribution is -2.31. The van der Waals surface area contributed by atoms with Gasteiger partial charge in [0.1, 0.15) is 5.69 Å². The van der Waals surface area contributed by atoms with Crippen LogP contribution in [0.15, 0.2) is 18.3 Å². The van der Waals surface area contributed by atoms with Gasteiger partial charge in [-0.25, -0.2) is 0 Å². The van der Waals surface area contributed by atoms with Gasteiger partial charge in [0.25, 0.3) is 5.91 Å². The summed E-state index contributed by atoms with van der Waals surface area (Å²) in [6.45, 7) is 7.61. The molecule has 0 aromatic carbocycles. The van der Waals surface area contributed by atoms with E-state index in [1.807, 2.05) is 19.9 Å². The Balaban J connectivity index is 2.55. The van der Waals surface area contributed by atoms with Gasteiger partial charge in [0, 0.05) is 38.1 Å². The van der Waals surface area contributed by atoms with E-state index in [0.717, 1.165) is 5.69 Å². The van der Waals surface area contributed by atoms with Crippen molar-refractivity contribution in [3.05, 3.63) is 24.0 Å². The molecule has 20 heavy (non-hydrogen) atoms. The molecule has 1 heterocycles. The predicted molar refractivity (Wildman–Crippen MR) is 79.9 cm³/mol. The van der Waals surface area contributed by atoms with Gasteiger partial charge in [0.15, 0.2) is 0 Å². The van der Waals surface area contributed by atoms with Crippen LogP contribution in [0.2, 0.25) is 0 Å². The molecule has 0 fully saturated rings. The second kappa shape index (κ2) is 9.28. The summed E-state index contributed by atoms with van der Waals surface area (Å²) in [6.07, 6.45) is 1.64. The highest BCUT2D eigenvalue weighted by atomic mass is 16.5. The van der Waals surface area contributed by atoms with E-state index in [-0.39, 0.29) is 5.91 Å². The number of amides is 1. The summed E-state index contributed by atoms with van der Waals surface area (Å²) in [5, 5.41) is 3.20. The minimum atomic E-state index is -0.0435. The van der Waals surface area contributed by atoms with Crippen molar-refractivity contribution in [3.8, 4) is 0 Å². The van der Waals surface area contributed by atoms with Gasteiger partial charge in [0.05, 0.1) is 13.2 Å².